The van der Waals surface area contributed by atoms with E-state index >= 15 is 0 Å². The first-order valence-corrected chi connectivity index (χ1v) is 7.68. The maximum absolute atomic E-state index is 10.3. The molecule has 2 aromatic rings. The van der Waals surface area contributed by atoms with Crippen molar-refractivity contribution in [1.29, 1.82) is 0 Å². The molecule has 0 bridgehead atoms. The molecule has 0 aliphatic heterocycles. The van der Waals surface area contributed by atoms with Crippen molar-refractivity contribution in [3.05, 3.63) is 58.6 Å². The summed E-state index contributed by atoms with van der Waals surface area (Å²) in [6.07, 6.45) is -0.591. The van der Waals surface area contributed by atoms with Gasteiger partial charge in [0.25, 0.3) is 0 Å². The van der Waals surface area contributed by atoms with Gasteiger partial charge in [-0.25, -0.2) is 0 Å². The fourth-order valence-electron chi connectivity index (χ4n) is 1.91. The molecule has 20 heavy (non-hydrogen) atoms. The minimum absolute atomic E-state index is 0.531. The van der Waals surface area contributed by atoms with Gasteiger partial charge in [-0.05, 0) is 30.7 Å². The lowest BCUT2D eigenvalue weighted by Crippen LogP contribution is -2.03. The van der Waals surface area contributed by atoms with Gasteiger partial charge in [0.05, 0.1) is 18.2 Å². The van der Waals surface area contributed by atoms with Crippen LogP contribution < -0.4 is 4.74 Å². The molecule has 2 rings (SSSR count). The van der Waals surface area contributed by atoms with Crippen molar-refractivity contribution in [2.24, 2.45) is 0 Å². The summed E-state index contributed by atoms with van der Waals surface area (Å²) in [6.45, 7) is 2.00. The van der Waals surface area contributed by atoms with Crippen LogP contribution in [0.5, 0.6) is 5.75 Å². The Morgan fingerprint density at radius 1 is 1.25 bits per heavy atom. The highest BCUT2D eigenvalue weighted by Gasteiger charge is 2.14. The number of rotatable bonds is 5. The Bertz CT molecular complexity index is 586. The molecule has 1 atom stereocenters. The number of benzene rings is 2. The van der Waals surface area contributed by atoms with E-state index in [2.05, 4.69) is 0 Å². The molecule has 0 amide bonds. The zero-order chi connectivity index (χ0) is 14.5. The van der Waals surface area contributed by atoms with Crippen LogP contribution in [0.15, 0.2) is 47.4 Å². The fourth-order valence-corrected chi connectivity index (χ4v) is 3.11. The Balaban J connectivity index is 2.09. The highest BCUT2D eigenvalue weighted by atomic mass is 35.5. The summed E-state index contributed by atoms with van der Waals surface area (Å²) in [6, 6.07) is 13.4. The van der Waals surface area contributed by atoms with Crippen LogP contribution in [0.2, 0.25) is 5.02 Å². The molecular weight excluding hydrogens is 292 g/mol. The summed E-state index contributed by atoms with van der Waals surface area (Å²) in [7, 11) is 1.62. The second kappa shape index (κ2) is 7.02. The number of ether oxygens (including phenoxy) is 1. The number of aliphatic hydroxyl groups excluding tert-OH is 1. The van der Waals surface area contributed by atoms with Crippen LogP contribution >= 0.6 is 23.4 Å². The minimum Gasteiger partial charge on any atom is -0.496 e. The molecule has 1 unspecified atom stereocenters. The molecule has 0 saturated carbocycles. The maximum Gasteiger partial charge on any atom is 0.124 e. The largest absolute Gasteiger partial charge is 0.496 e. The SMILES string of the molecule is COc1cc(C)ccc1C(O)CSc1ccccc1Cl. The van der Waals surface area contributed by atoms with Gasteiger partial charge >= 0.3 is 0 Å². The van der Waals surface area contributed by atoms with Crippen LogP contribution in [0.1, 0.15) is 17.2 Å². The molecule has 2 aromatic carbocycles. The van der Waals surface area contributed by atoms with Gasteiger partial charge in [0, 0.05) is 16.2 Å². The van der Waals surface area contributed by atoms with E-state index < -0.39 is 6.10 Å². The maximum atomic E-state index is 10.3. The van der Waals surface area contributed by atoms with Gasteiger partial charge in [0.1, 0.15) is 5.75 Å². The van der Waals surface area contributed by atoms with Crippen molar-refractivity contribution in [2.75, 3.05) is 12.9 Å². The number of methoxy groups -OCH3 is 1. The first-order chi connectivity index (χ1) is 9.61. The van der Waals surface area contributed by atoms with Crippen LogP contribution in [-0.4, -0.2) is 18.0 Å². The number of aryl methyl sites for hydroxylation is 1. The summed E-state index contributed by atoms with van der Waals surface area (Å²) in [5.74, 6) is 1.25. The zero-order valence-electron chi connectivity index (χ0n) is 11.5. The van der Waals surface area contributed by atoms with Gasteiger partial charge in [0.15, 0.2) is 0 Å². The van der Waals surface area contributed by atoms with Crippen LogP contribution in [-0.2, 0) is 0 Å². The van der Waals surface area contributed by atoms with Crippen molar-refractivity contribution in [3.63, 3.8) is 0 Å². The van der Waals surface area contributed by atoms with Gasteiger partial charge < -0.3 is 9.84 Å². The molecule has 2 nitrogen and oxygen atoms in total. The quantitative estimate of drug-likeness (QED) is 0.826. The second-order valence-corrected chi connectivity index (χ2v) is 5.97. The molecule has 0 spiro atoms. The van der Waals surface area contributed by atoms with Crippen molar-refractivity contribution >= 4 is 23.4 Å². The fraction of sp³-hybridized carbons (Fsp3) is 0.250. The van der Waals surface area contributed by atoms with Crippen LogP contribution in [0, 0.1) is 6.92 Å². The van der Waals surface area contributed by atoms with E-state index in [9.17, 15) is 5.11 Å². The van der Waals surface area contributed by atoms with Crippen LogP contribution in [0.3, 0.4) is 0 Å². The minimum atomic E-state index is -0.591. The van der Waals surface area contributed by atoms with Gasteiger partial charge in [-0.15, -0.1) is 11.8 Å². The van der Waals surface area contributed by atoms with Gasteiger partial charge in [-0.2, -0.15) is 0 Å². The van der Waals surface area contributed by atoms with Crippen molar-refractivity contribution < 1.29 is 9.84 Å². The zero-order valence-corrected chi connectivity index (χ0v) is 13.0. The summed E-state index contributed by atoms with van der Waals surface area (Å²) in [5.41, 5.74) is 1.91. The van der Waals surface area contributed by atoms with Crippen molar-refractivity contribution in [1.82, 2.24) is 0 Å². The van der Waals surface area contributed by atoms with Crippen molar-refractivity contribution in [3.8, 4) is 5.75 Å². The smallest absolute Gasteiger partial charge is 0.124 e. The predicted molar refractivity (Wildman–Crippen MR) is 84.9 cm³/mol. The molecular formula is C16H17ClO2S. The second-order valence-electron chi connectivity index (χ2n) is 4.50. The Kier molecular flexibility index (Phi) is 5.35. The highest BCUT2D eigenvalue weighted by Crippen LogP contribution is 2.33. The van der Waals surface area contributed by atoms with Crippen LogP contribution in [0.25, 0.3) is 0 Å². The van der Waals surface area contributed by atoms with E-state index in [1.165, 1.54) is 11.8 Å². The summed E-state index contributed by atoms with van der Waals surface area (Å²) in [4.78, 5) is 0.972. The lowest BCUT2D eigenvalue weighted by Gasteiger charge is -2.15. The number of thioether (sulfide) groups is 1. The average Bonchev–Trinajstić information content (AvgIpc) is 2.46. The number of hydrogen-bond acceptors (Lipinski definition) is 3. The third kappa shape index (κ3) is 3.69. The Hall–Kier alpha value is -1.16. The number of aliphatic hydroxyl groups is 1. The molecule has 0 aliphatic carbocycles. The Labute approximate surface area is 128 Å². The topological polar surface area (TPSA) is 29.5 Å². The van der Waals surface area contributed by atoms with E-state index in [0.717, 1.165) is 21.8 Å². The highest BCUT2D eigenvalue weighted by molar-refractivity contribution is 7.99. The third-order valence-electron chi connectivity index (χ3n) is 2.98. The molecule has 0 heterocycles. The molecule has 0 radical (unpaired) electrons. The molecule has 1 N–H and O–H groups in total. The first-order valence-electron chi connectivity index (χ1n) is 6.31. The molecule has 0 fully saturated rings. The third-order valence-corrected chi connectivity index (χ3v) is 4.57. The first kappa shape index (κ1) is 15.2. The molecule has 0 aromatic heterocycles. The molecule has 0 aliphatic rings. The summed E-state index contributed by atoms with van der Waals surface area (Å²) in [5, 5.41) is 11.0. The monoisotopic (exact) mass is 308 g/mol. The average molecular weight is 309 g/mol. The predicted octanol–water partition coefficient (Wildman–Crippen LogP) is 4.48. The standard InChI is InChI=1S/C16H17ClO2S/c1-11-7-8-12(15(9-11)19-2)14(18)10-20-16-6-4-3-5-13(16)17/h3-9,14,18H,10H2,1-2H3. The Morgan fingerprint density at radius 3 is 2.70 bits per heavy atom. The normalized spacial score (nSPS) is 12.2. The van der Waals surface area contributed by atoms with E-state index in [4.69, 9.17) is 16.3 Å². The lowest BCUT2D eigenvalue weighted by molar-refractivity contribution is 0.199. The van der Waals surface area contributed by atoms with Gasteiger partial charge in [-0.3, -0.25) is 0 Å². The van der Waals surface area contributed by atoms with E-state index in [1.807, 2.05) is 49.4 Å². The van der Waals surface area contributed by atoms with Crippen LogP contribution in [0.4, 0.5) is 0 Å². The van der Waals surface area contributed by atoms with E-state index in [-0.39, 0.29) is 0 Å². The van der Waals surface area contributed by atoms with Gasteiger partial charge in [0.2, 0.25) is 0 Å². The van der Waals surface area contributed by atoms with E-state index in [0.29, 0.717) is 10.8 Å². The summed E-state index contributed by atoms with van der Waals surface area (Å²) >= 11 is 7.64. The number of hydrogen-bond donors (Lipinski definition) is 1. The summed E-state index contributed by atoms with van der Waals surface area (Å²) < 4.78 is 5.33. The van der Waals surface area contributed by atoms with Crippen molar-refractivity contribution in [2.45, 2.75) is 17.9 Å². The molecule has 0 saturated heterocycles. The molecule has 4 heteroatoms. The Morgan fingerprint density at radius 2 is 2.00 bits per heavy atom. The molecule has 106 valence electrons. The number of halogens is 1. The van der Waals surface area contributed by atoms with Gasteiger partial charge in [-0.1, -0.05) is 35.9 Å². The lowest BCUT2D eigenvalue weighted by atomic mass is 10.1. The van der Waals surface area contributed by atoms with E-state index in [1.54, 1.807) is 7.11 Å².